The molecule has 2 amide bonds. The molecule has 24 heteroatoms. The molecule has 6 aromatic rings. The van der Waals surface area contributed by atoms with Crippen molar-refractivity contribution in [2.45, 2.75) is 35.0 Å². The SMILES string of the molecule is NS(=O)(=O)c1cc(NC(=O)Cc2ccc(F)cc2)ccc1-n1cc(C(F)(F)F)cn1.NS(=O)(=O)c1cc(NC(=O)Cc2cccc(Cl)c2)ccc1-n1cc(C(F)(F)F)cn1. The molecule has 316 valence electrons. The summed E-state index contributed by atoms with van der Waals surface area (Å²) in [4.78, 5) is 23.4. The number of nitrogens with zero attached hydrogens (tertiary/aromatic N) is 4. The lowest BCUT2D eigenvalue weighted by atomic mass is 10.1. The zero-order valence-electron chi connectivity index (χ0n) is 30.0. The van der Waals surface area contributed by atoms with E-state index in [1.54, 1.807) is 24.3 Å². The first-order valence-electron chi connectivity index (χ1n) is 16.5. The van der Waals surface area contributed by atoms with Crippen molar-refractivity contribution in [3.05, 3.63) is 143 Å². The van der Waals surface area contributed by atoms with Crippen LogP contribution in [0.25, 0.3) is 11.4 Å². The molecule has 6 N–H and O–H groups in total. The number of carbonyl (C=O) groups is 2. The highest BCUT2D eigenvalue weighted by Gasteiger charge is 2.34. The summed E-state index contributed by atoms with van der Waals surface area (Å²) in [5.74, 6) is -1.43. The van der Waals surface area contributed by atoms with Gasteiger partial charge in [0, 0.05) is 28.8 Å². The van der Waals surface area contributed by atoms with E-state index in [0.29, 0.717) is 40.9 Å². The largest absolute Gasteiger partial charge is 0.419 e. The van der Waals surface area contributed by atoms with Gasteiger partial charge in [-0.2, -0.15) is 36.5 Å². The van der Waals surface area contributed by atoms with Crippen LogP contribution in [0.4, 0.5) is 42.1 Å². The maximum absolute atomic E-state index is 12.9. The van der Waals surface area contributed by atoms with Gasteiger partial charge in [0.25, 0.3) is 0 Å². The molecule has 0 saturated heterocycles. The Kier molecular flexibility index (Phi) is 13.2. The molecule has 0 atom stereocenters. The molecule has 0 aliphatic rings. The number of alkyl halides is 6. The number of hydrogen-bond donors (Lipinski definition) is 4. The fourth-order valence-corrected chi connectivity index (χ4v) is 6.95. The van der Waals surface area contributed by atoms with E-state index in [2.05, 4.69) is 20.8 Å². The van der Waals surface area contributed by atoms with Crippen molar-refractivity contribution in [3.8, 4) is 11.4 Å². The van der Waals surface area contributed by atoms with Gasteiger partial charge in [0.05, 0.1) is 47.7 Å². The molecule has 2 aromatic heterocycles. The molecule has 14 nitrogen and oxygen atoms in total. The van der Waals surface area contributed by atoms with Gasteiger partial charge < -0.3 is 10.6 Å². The molecule has 4 aromatic carbocycles. The monoisotopic (exact) mass is 900 g/mol. The predicted molar refractivity (Wildman–Crippen MR) is 202 cm³/mol. The Morgan fingerprint density at radius 2 is 1.07 bits per heavy atom. The van der Waals surface area contributed by atoms with Gasteiger partial charge >= 0.3 is 12.4 Å². The number of anilines is 2. The summed E-state index contributed by atoms with van der Waals surface area (Å²) in [6, 6.07) is 18.9. The summed E-state index contributed by atoms with van der Waals surface area (Å²) in [5.41, 5.74) is -1.23. The van der Waals surface area contributed by atoms with E-state index in [1.807, 2.05) is 0 Å². The molecule has 0 radical (unpaired) electrons. The molecule has 0 bridgehead atoms. The number of aromatic nitrogens is 4. The van der Waals surface area contributed by atoms with Crippen LogP contribution < -0.4 is 20.9 Å². The van der Waals surface area contributed by atoms with E-state index in [0.717, 1.165) is 21.5 Å². The maximum atomic E-state index is 12.9. The Morgan fingerprint density at radius 1 is 0.633 bits per heavy atom. The first-order valence-corrected chi connectivity index (χ1v) is 20.0. The van der Waals surface area contributed by atoms with Crippen molar-refractivity contribution in [1.82, 2.24) is 19.6 Å². The van der Waals surface area contributed by atoms with Crippen molar-refractivity contribution in [1.29, 1.82) is 0 Å². The average molecular weight is 901 g/mol. The van der Waals surface area contributed by atoms with Gasteiger partial charge in [-0.05, 0) is 71.8 Å². The van der Waals surface area contributed by atoms with Gasteiger partial charge in [-0.25, -0.2) is 40.9 Å². The van der Waals surface area contributed by atoms with Crippen LogP contribution >= 0.6 is 11.6 Å². The Balaban J connectivity index is 0.000000228. The number of rotatable bonds is 10. The maximum Gasteiger partial charge on any atom is 0.419 e. The van der Waals surface area contributed by atoms with Crippen LogP contribution in [-0.2, 0) is 54.8 Å². The smallest absolute Gasteiger partial charge is 0.326 e. The fraction of sp³-hybridized carbons (Fsp3) is 0.111. The Bertz CT molecular complexity index is 2780. The first-order chi connectivity index (χ1) is 27.9. The average Bonchev–Trinajstić information content (AvgIpc) is 3.84. The van der Waals surface area contributed by atoms with Gasteiger partial charge in [-0.1, -0.05) is 35.9 Å². The zero-order chi connectivity index (χ0) is 44.2. The number of primary sulfonamides is 2. The number of sulfonamides is 2. The second kappa shape index (κ2) is 17.6. The van der Waals surface area contributed by atoms with Crippen molar-refractivity contribution in [2.24, 2.45) is 10.3 Å². The predicted octanol–water partition coefficient (Wildman–Crippen LogP) is 6.23. The molecule has 2 heterocycles. The van der Waals surface area contributed by atoms with Gasteiger partial charge in [0.2, 0.25) is 31.9 Å². The number of nitrogens with one attached hydrogen (secondary N) is 2. The summed E-state index contributed by atoms with van der Waals surface area (Å²) in [6.07, 6.45) is -7.07. The second-order valence-corrected chi connectivity index (χ2v) is 16.0. The van der Waals surface area contributed by atoms with Crippen LogP contribution in [0.2, 0.25) is 5.02 Å². The number of hydrogen-bond acceptors (Lipinski definition) is 8. The van der Waals surface area contributed by atoms with E-state index < -0.39 is 70.9 Å². The van der Waals surface area contributed by atoms with Crippen LogP contribution in [-0.4, -0.2) is 48.2 Å². The number of benzene rings is 4. The number of amides is 2. The van der Waals surface area contributed by atoms with E-state index in [4.69, 9.17) is 21.9 Å². The van der Waals surface area contributed by atoms with Crippen LogP contribution in [0.1, 0.15) is 22.3 Å². The van der Waals surface area contributed by atoms with Crippen molar-refractivity contribution in [3.63, 3.8) is 0 Å². The van der Waals surface area contributed by atoms with E-state index >= 15 is 0 Å². The molecular weight excluding hydrogens is 873 g/mol. The van der Waals surface area contributed by atoms with Gasteiger partial charge in [0.15, 0.2) is 0 Å². The molecule has 60 heavy (non-hydrogen) atoms. The third kappa shape index (κ3) is 12.0. The van der Waals surface area contributed by atoms with E-state index in [9.17, 15) is 57.2 Å². The third-order valence-corrected chi connectivity index (χ3v) is 10.1. The minimum atomic E-state index is -4.66. The van der Waals surface area contributed by atoms with Crippen LogP contribution in [0, 0.1) is 5.82 Å². The summed E-state index contributed by atoms with van der Waals surface area (Å²) < 4.78 is 139. The summed E-state index contributed by atoms with van der Waals surface area (Å²) in [5, 5.41) is 22.9. The topological polar surface area (TPSA) is 214 Å². The molecule has 0 spiro atoms. The molecule has 0 unspecified atom stereocenters. The third-order valence-electron chi connectivity index (χ3n) is 7.95. The van der Waals surface area contributed by atoms with Crippen LogP contribution in [0.15, 0.2) is 120 Å². The Hall–Kier alpha value is -6.14. The standard InChI is InChI=1S/C18H14ClF3N4O3S.C18H14F4N4O3S/c19-13-3-1-2-11(6-13)7-17(27)25-14-4-5-15(16(8-14)30(23,28)29)26-10-12(9-24-26)18(20,21)22;19-13-3-1-11(2-4-13)7-17(27)25-14-5-6-15(16(8-14)30(23,28)29)26-10-12(9-24-26)18(20,21)22/h2*1-6,8-10H,7H2,(H,25,27)(H2,23,28,29). The summed E-state index contributed by atoms with van der Waals surface area (Å²) in [6.45, 7) is 0. The number of carbonyl (C=O) groups excluding carboxylic acids is 2. The molecule has 0 aliphatic carbocycles. The molecule has 0 saturated carbocycles. The minimum Gasteiger partial charge on any atom is -0.326 e. The quantitative estimate of drug-likeness (QED) is 0.115. The van der Waals surface area contributed by atoms with Crippen molar-refractivity contribution < 1.29 is 57.2 Å². The summed E-state index contributed by atoms with van der Waals surface area (Å²) in [7, 11) is -8.71. The minimum absolute atomic E-state index is 0.0267. The fourth-order valence-electron chi connectivity index (χ4n) is 5.25. The Morgan fingerprint density at radius 3 is 1.45 bits per heavy atom. The molecular formula is C36H28ClF7N8O6S2. The number of halogens is 8. The first kappa shape index (κ1) is 45.0. The van der Waals surface area contributed by atoms with Gasteiger partial charge in [0.1, 0.15) is 15.6 Å². The summed E-state index contributed by atoms with van der Waals surface area (Å²) >= 11 is 5.87. The highest BCUT2D eigenvalue weighted by Crippen LogP contribution is 2.32. The van der Waals surface area contributed by atoms with Crippen molar-refractivity contribution >= 4 is 54.8 Å². The Labute approximate surface area is 340 Å². The van der Waals surface area contributed by atoms with Crippen molar-refractivity contribution in [2.75, 3.05) is 10.6 Å². The zero-order valence-corrected chi connectivity index (χ0v) is 32.4. The van der Waals surface area contributed by atoms with E-state index in [-0.39, 0.29) is 35.6 Å². The lowest BCUT2D eigenvalue weighted by molar-refractivity contribution is -0.138. The molecule has 0 fully saturated rings. The van der Waals surface area contributed by atoms with Crippen LogP contribution in [0.5, 0.6) is 0 Å². The second-order valence-electron chi connectivity index (χ2n) is 12.5. The van der Waals surface area contributed by atoms with Gasteiger partial charge in [-0.15, -0.1) is 0 Å². The lowest BCUT2D eigenvalue weighted by Gasteiger charge is -2.12. The lowest BCUT2D eigenvalue weighted by Crippen LogP contribution is -2.18. The highest BCUT2D eigenvalue weighted by molar-refractivity contribution is 7.89. The normalized spacial score (nSPS) is 12.0. The van der Waals surface area contributed by atoms with E-state index in [1.165, 1.54) is 48.5 Å². The highest BCUT2D eigenvalue weighted by atomic mass is 35.5. The molecule has 0 aliphatic heterocycles. The van der Waals surface area contributed by atoms with Crippen LogP contribution in [0.3, 0.4) is 0 Å². The molecule has 6 rings (SSSR count). The van der Waals surface area contributed by atoms with Gasteiger partial charge in [-0.3, -0.25) is 9.59 Å². The number of nitrogens with two attached hydrogens (primary N) is 2.